The summed E-state index contributed by atoms with van der Waals surface area (Å²) in [4.78, 5) is 12.0. The molecule has 0 spiro atoms. The molecule has 1 aliphatic rings. The first-order valence-corrected chi connectivity index (χ1v) is 10.7. The maximum absolute atomic E-state index is 4.08. The van der Waals surface area contributed by atoms with E-state index in [0.29, 0.717) is 6.04 Å². The van der Waals surface area contributed by atoms with Crippen LogP contribution in [0.25, 0.3) is 0 Å². The molecule has 1 aliphatic heterocycles. The number of nitrogens with zero attached hydrogens (tertiary/aromatic N) is 5. The van der Waals surface area contributed by atoms with Crippen LogP contribution < -0.4 is 5.32 Å². The van der Waals surface area contributed by atoms with Crippen LogP contribution in [0, 0.1) is 41.5 Å². The zero-order chi connectivity index (χ0) is 23.9. The highest BCUT2D eigenvalue weighted by Gasteiger charge is 1.95. The van der Waals surface area contributed by atoms with Crippen LogP contribution in [0.15, 0.2) is 66.8 Å². The number of nitrogens with one attached hydrogen (secondary N) is 1. The average molecular weight is 433 g/mol. The van der Waals surface area contributed by atoms with Gasteiger partial charge in [0.2, 0.25) is 0 Å². The lowest BCUT2D eigenvalue weighted by Crippen LogP contribution is -2.20. The third-order valence-corrected chi connectivity index (χ3v) is 4.12. The molecule has 4 rings (SSSR count). The maximum atomic E-state index is 4.08. The molecule has 0 saturated heterocycles. The molecule has 170 valence electrons. The molecular formula is C26H36N6. The lowest BCUT2D eigenvalue weighted by Gasteiger charge is -2.10. The third-order valence-electron chi connectivity index (χ3n) is 4.12. The van der Waals surface area contributed by atoms with E-state index in [1.807, 2.05) is 84.5 Å². The molecule has 32 heavy (non-hydrogen) atoms. The van der Waals surface area contributed by atoms with Crippen molar-refractivity contribution in [2.24, 2.45) is 0 Å². The quantitative estimate of drug-likeness (QED) is 0.518. The molecule has 1 atom stereocenters. The van der Waals surface area contributed by atoms with E-state index in [-0.39, 0.29) is 0 Å². The highest BCUT2D eigenvalue weighted by atomic mass is 15.1. The first-order valence-electron chi connectivity index (χ1n) is 10.7. The van der Waals surface area contributed by atoms with Crippen LogP contribution in [0.3, 0.4) is 0 Å². The summed E-state index contributed by atoms with van der Waals surface area (Å²) in [7, 11) is 0. The maximum Gasteiger partial charge on any atom is 0.125 e. The van der Waals surface area contributed by atoms with E-state index < -0.39 is 0 Å². The Morgan fingerprint density at radius 3 is 1.53 bits per heavy atom. The monoisotopic (exact) mass is 432 g/mol. The van der Waals surface area contributed by atoms with Gasteiger partial charge in [-0.05, 0) is 96.5 Å². The van der Waals surface area contributed by atoms with Crippen molar-refractivity contribution in [1.82, 2.24) is 30.5 Å². The minimum absolute atomic E-state index is 0.513. The van der Waals surface area contributed by atoms with Gasteiger partial charge in [0, 0.05) is 30.3 Å². The summed E-state index contributed by atoms with van der Waals surface area (Å²) in [5.74, 6) is 0.829. The Labute approximate surface area is 193 Å². The van der Waals surface area contributed by atoms with Crippen molar-refractivity contribution in [1.29, 1.82) is 0 Å². The average Bonchev–Trinajstić information content (AvgIpc) is 2.78. The van der Waals surface area contributed by atoms with Crippen molar-refractivity contribution < 1.29 is 0 Å². The number of dihydropyridines is 1. The molecule has 6 heteroatoms. The number of aromatic nitrogens is 5. The van der Waals surface area contributed by atoms with Gasteiger partial charge in [-0.15, -0.1) is 0 Å². The van der Waals surface area contributed by atoms with Crippen LogP contribution in [0.5, 0.6) is 0 Å². The number of aryl methyl sites for hydroxylation is 6. The van der Waals surface area contributed by atoms with Crippen LogP contribution in [-0.4, -0.2) is 31.2 Å². The highest BCUT2D eigenvalue weighted by Crippen LogP contribution is 2.00. The summed E-state index contributed by atoms with van der Waals surface area (Å²) in [5.41, 5.74) is 6.64. The molecule has 1 unspecified atom stereocenters. The molecule has 0 aromatic carbocycles. The zero-order valence-corrected chi connectivity index (χ0v) is 20.6. The first kappa shape index (κ1) is 26.6. The van der Waals surface area contributed by atoms with Gasteiger partial charge in [0.05, 0.1) is 11.4 Å². The van der Waals surface area contributed by atoms with E-state index in [2.05, 4.69) is 62.5 Å². The molecule has 0 fully saturated rings. The number of allylic oxidation sites excluding steroid dienone is 2. The SMILES string of the molecule is CC1=CNC(C)C=C1.Cc1ccc(C)nc1.Cc1ccc(C)nn1.Cc1cnc(C)nc1. The molecule has 0 aliphatic carbocycles. The molecule has 0 bridgehead atoms. The van der Waals surface area contributed by atoms with Gasteiger partial charge in [0.15, 0.2) is 0 Å². The lowest BCUT2D eigenvalue weighted by atomic mass is 10.2. The van der Waals surface area contributed by atoms with Crippen LogP contribution >= 0.6 is 0 Å². The van der Waals surface area contributed by atoms with Crippen LogP contribution in [0.4, 0.5) is 0 Å². The Bertz CT molecular complexity index is 792. The van der Waals surface area contributed by atoms with Crippen molar-refractivity contribution in [2.75, 3.05) is 0 Å². The van der Waals surface area contributed by atoms with Gasteiger partial charge in [0.1, 0.15) is 5.82 Å². The van der Waals surface area contributed by atoms with Crippen LogP contribution in [-0.2, 0) is 0 Å². The molecule has 0 radical (unpaired) electrons. The smallest absolute Gasteiger partial charge is 0.125 e. The Kier molecular flexibility index (Phi) is 12.1. The second-order valence-corrected chi connectivity index (χ2v) is 7.80. The van der Waals surface area contributed by atoms with Crippen LogP contribution in [0.2, 0.25) is 0 Å². The third kappa shape index (κ3) is 13.0. The van der Waals surface area contributed by atoms with E-state index in [1.165, 1.54) is 11.1 Å². The number of hydrogen-bond acceptors (Lipinski definition) is 6. The predicted octanol–water partition coefficient (Wildman–Crippen LogP) is 5.32. The van der Waals surface area contributed by atoms with Gasteiger partial charge in [0.25, 0.3) is 0 Å². The molecule has 4 heterocycles. The Morgan fingerprint density at radius 2 is 1.19 bits per heavy atom. The topological polar surface area (TPSA) is 76.5 Å². The van der Waals surface area contributed by atoms with Gasteiger partial charge >= 0.3 is 0 Å². The van der Waals surface area contributed by atoms with Gasteiger partial charge in [-0.25, -0.2) is 9.97 Å². The second-order valence-electron chi connectivity index (χ2n) is 7.80. The van der Waals surface area contributed by atoms with Crippen molar-refractivity contribution in [3.63, 3.8) is 0 Å². The number of pyridine rings is 1. The fourth-order valence-electron chi connectivity index (χ4n) is 2.13. The first-order chi connectivity index (χ1) is 15.2. The van der Waals surface area contributed by atoms with E-state index in [1.54, 1.807) is 0 Å². The zero-order valence-electron chi connectivity index (χ0n) is 20.6. The molecular weight excluding hydrogens is 396 g/mol. The van der Waals surface area contributed by atoms with Gasteiger partial charge in [-0.2, -0.15) is 10.2 Å². The van der Waals surface area contributed by atoms with E-state index >= 15 is 0 Å². The van der Waals surface area contributed by atoms with Gasteiger partial charge < -0.3 is 5.32 Å². The summed E-state index contributed by atoms with van der Waals surface area (Å²) in [6.07, 6.45) is 11.8. The summed E-state index contributed by atoms with van der Waals surface area (Å²) >= 11 is 0. The van der Waals surface area contributed by atoms with Crippen molar-refractivity contribution in [2.45, 2.75) is 61.4 Å². The minimum Gasteiger partial charge on any atom is -0.385 e. The summed E-state index contributed by atoms with van der Waals surface area (Å²) in [6, 6.07) is 8.47. The van der Waals surface area contributed by atoms with E-state index in [4.69, 9.17) is 0 Å². The normalized spacial score (nSPS) is 13.6. The minimum atomic E-state index is 0.513. The Morgan fingerprint density at radius 1 is 0.656 bits per heavy atom. The largest absolute Gasteiger partial charge is 0.385 e. The van der Waals surface area contributed by atoms with Gasteiger partial charge in [-0.3, -0.25) is 4.98 Å². The van der Waals surface area contributed by atoms with Crippen molar-refractivity contribution in [3.05, 3.63) is 101 Å². The number of hydrogen-bond donors (Lipinski definition) is 1. The fraction of sp³-hybridized carbons (Fsp3) is 0.346. The van der Waals surface area contributed by atoms with E-state index in [9.17, 15) is 0 Å². The highest BCUT2D eigenvalue weighted by molar-refractivity contribution is 5.21. The van der Waals surface area contributed by atoms with Crippen molar-refractivity contribution in [3.8, 4) is 0 Å². The molecule has 0 amide bonds. The van der Waals surface area contributed by atoms with Crippen molar-refractivity contribution >= 4 is 0 Å². The molecule has 3 aromatic heterocycles. The lowest BCUT2D eigenvalue weighted by molar-refractivity contribution is 0.753. The Hall–Kier alpha value is -3.41. The summed E-state index contributed by atoms with van der Waals surface area (Å²) in [6.45, 7) is 15.9. The Balaban J connectivity index is 0.000000213. The van der Waals surface area contributed by atoms with Crippen LogP contribution in [0.1, 0.15) is 47.9 Å². The van der Waals surface area contributed by atoms with Gasteiger partial charge in [-0.1, -0.05) is 18.2 Å². The summed E-state index contributed by atoms with van der Waals surface area (Å²) in [5, 5.41) is 10.8. The molecule has 1 N–H and O–H groups in total. The molecule has 0 saturated carbocycles. The van der Waals surface area contributed by atoms with E-state index in [0.717, 1.165) is 28.5 Å². The second kappa shape index (κ2) is 14.6. The fourth-order valence-corrected chi connectivity index (χ4v) is 2.13. The predicted molar refractivity (Wildman–Crippen MR) is 132 cm³/mol. The number of rotatable bonds is 0. The summed E-state index contributed by atoms with van der Waals surface area (Å²) < 4.78 is 0. The standard InChI is InChI=1S/C7H11N.C7H9N.2C6H8N2/c2*1-6-3-4-7(2)8-5-6;1-5-3-7-6(2)8-4-5;1-5-3-4-6(2)8-7-5/h3-5,7-8H,1-2H3;3-5H,1-2H3;2*3-4H,1-2H3. The molecule has 6 nitrogen and oxygen atoms in total. The molecule has 3 aromatic rings.